The molecular formula is C19H20N4O4S. The number of sulfonamides is 1. The van der Waals surface area contributed by atoms with E-state index in [-0.39, 0.29) is 10.7 Å². The zero-order chi connectivity index (χ0) is 20.1. The molecule has 0 spiro atoms. The molecule has 146 valence electrons. The molecule has 3 N–H and O–H groups in total. The molecule has 0 aliphatic carbocycles. The number of hydrogen-bond donors (Lipinski definition) is 3. The van der Waals surface area contributed by atoms with E-state index in [2.05, 4.69) is 20.2 Å². The number of nitrogens with one attached hydrogen (secondary N) is 3. The van der Waals surface area contributed by atoms with Crippen LogP contribution < -0.4 is 14.8 Å². The first kappa shape index (κ1) is 19.4. The highest BCUT2D eigenvalue weighted by Crippen LogP contribution is 2.19. The molecule has 28 heavy (non-hydrogen) atoms. The standard InChI is InChI=1S/C19H20N4O4S/c1-3-27-16-9-7-14(8-10-16)23-28(25,26)18-12-17(21-22-18)19(24)20-15-6-4-5-13(2)11-15/h4-12,23H,3H2,1-2H3,(H,20,24)(H,21,22). The molecule has 0 bridgehead atoms. The molecule has 1 aromatic heterocycles. The van der Waals surface area contributed by atoms with Gasteiger partial charge in [0, 0.05) is 17.4 Å². The zero-order valence-corrected chi connectivity index (χ0v) is 16.2. The Hall–Kier alpha value is -3.33. The van der Waals surface area contributed by atoms with E-state index in [0.717, 1.165) is 5.56 Å². The first-order valence-electron chi connectivity index (χ1n) is 8.56. The number of amides is 1. The van der Waals surface area contributed by atoms with E-state index in [4.69, 9.17) is 4.74 Å². The molecule has 1 amide bonds. The molecule has 1 heterocycles. The van der Waals surface area contributed by atoms with Crippen LogP contribution in [0.15, 0.2) is 59.6 Å². The van der Waals surface area contributed by atoms with Crippen molar-refractivity contribution in [2.45, 2.75) is 18.9 Å². The topological polar surface area (TPSA) is 113 Å². The number of nitrogens with zero attached hydrogens (tertiary/aromatic N) is 1. The van der Waals surface area contributed by atoms with Gasteiger partial charge in [0.2, 0.25) is 0 Å². The van der Waals surface area contributed by atoms with E-state index in [0.29, 0.717) is 23.7 Å². The summed E-state index contributed by atoms with van der Waals surface area (Å²) in [6, 6.07) is 14.9. The van der Waals surface area contributed by atoms with Crippen LogP contribution in [0.4, 0.5) is 11.4 Å². The Kier molecular flexibility index (Phi) is 5.65. The highest BCUT2D eigenvalue weighted by molar-refractivity contribution is 7.92. The average Bonchev–Trinajstić information content (AvgIpc) is 3.15. The lowest BCUT2D eigenvalue weighted by Gasteiger charge is -2.07. The molecule has 0 unspecified atom stereocenters. The van der Waals surface area contributed by atoms with E-state index >= 15 is 0 Å². The van der Waals surface area contributed by atoms with Gasteiger partial charge in [-0.3, -0.25) is 14.6 Å². The van der Waals surface area contributed by atoms with E-state index in [1.165, 1.54) is 6.07 Å². The molecule has 0 saturated heterocycles. The summed E-state index contributed by atoms with van der Waals surface area (Å²) in [5.41, 5.74) is 1.92. The zero-order valence-electron chi connectivity index (χ0n) is 15.4. The van der Waals surface area contributed by atoms with Crippen LogP contribution in [0.2, 0.25) is 0 Å². The first-order valence-corrected chi connectivity index (χ1v) is 10.0. The summed E-state index contributed by atoms with van der Waals surface area (Å²) >= 11 is 0. The summed E-state index contributed by atoms with van der Waals surface area (Å²) < 4.78 is 32.8. The monoisotopic (exact) mass is 400 g/mol. The highest BCUT2D eigenvalue weighted by atomic mass is 32.2. The molecule has 0 fully saturated rings. The smallest absolute Gasteiger partial charge is 0.278 e. The van der Waals surface area contributed by atoms with Gasteiger partial charge in [0.15, 0.2) is 10.7 Å². The summed E-state index contributed by atoms with van der Waals surface area (Å²) in [5, 5.41) is 8.66. The van der Waals surface area contributed by atoms with Crippen LogP contribution in [0.25, 0.3) is 0 Å². The van der Waals surface area contributed by atoms with Crippen molar-refractivity contribution in [3.05, 3.63) is 65.9 Å². The quantitative estimate of drug-likeness (QED) is 0.564. The van der Waals surface area contributed by atoms with Gasteiger partial charge in [-0.25, -0.2) is 0 Å². The van der Waals surface area contributed by atoms with Crippen LogP contribution in [-0.4, -0.2) is 31.1 Å². The second-order valence-corrected chi connectivity index (χ2v) is 7.65. The largest absolute Gasteiger partial charge is 0.494 e. The van der Waals surface area contributed by atoms with Crippen molar-refractivity contribution in [1.82, 2.24) is 10.2 Å². The maximum atomic E-state index is 12.5. The second-order valence-electron chi connectivity index (χ2n) is 6.00. The molecule has 0 radical (unpaired) electrons. The van der Waals surface area contributed by atoms with E-state index in [1.807, 2.05) is 26.0 Å². The van der Waals surface area contributed by atoms with Gasteiger partial charge in [-0.2, -0.15) is 13.5 Å². The fourth-order valence-electron chi connectivity index (χ4n) is 2.47. The normalized spacial score (nSPS) is 11.1. The number of anilines is 2. The van der Waals surface area contributed by atoms with Crippen molar-refractivity contribution >= 4 is 27.3 Å². The van der Waals surface area contributed by atoms with Gasteiger partial charge in [0.25, 0.3) is 15.9 Å². The number of benzene rings is 2. The molecule has 8 nitrogen and oxygen atoms in total. The summed E-state index contributed by atoms with van der Waals surface area (Å²) in [7, 11) is -3.92. The van der Waals surface area contributed by atoms with Crippen molar-refractivity contribution in [3.63, 3.8) is 0 Å². The fraction of sp³-hybridized carbons (Fsp3) is 0.158. The Morgan fingerprint density at radius 1 is 1.11 bits per heavy atom. The van der Waals surface area contributed by atoms with Crippen molar-refractivity contribution in [1.29, 1.82) is 0 Å². The van der Waals surface area contributed by atoms with Crippen LogP contribution in [0, 0.1) is 6.92 Å². The van der Waals surface area contributed by atoms with Crippen molar-refractivity contribution in [2.75, 3.05) is 16.6 Å². The maximum absolute atomic E-state index is 12.5. The number of hydrogen-bond acceptors (Lipinski definition) is 5. The summed E-state index contributed by atoms with van der Waals surface area (Å²) in [6.45, 7) is 4.29. The number of carbonyl (C=O) groups excluding carboxylic acids is 1. The van der Waals surface area contributed by atoms with E-state index in [1.54, 1.807) is 36.4 Å². The van der Waals surface area contributed by atoms with Crippen molar-refractivity contribution < 1.29 is 17.9 Å². The SMILES string of the molecule is CCOc1ccc(NS(=O)(=O)c2cc(C(=O)Nc3cccc(C)c3)n[nH]2)cc1. The highest BCUT2D eigenvalue weighted by Gasteiger charge is 2.20. The Bertz CT molecular complexity index is 1080. The predicted molar refractivity (Wildman–Crippen MR) is 106 cm³/mol. The van der Waals surface area contributed by atoms with Crippen LogP contribution in [-0.2, 0) is 10.0 Å². The third-order valence-corrected chi connectivity index (χ3v) is 5.06. The van der Waals surface area contributed by atoms with Gasteiger partial charge in [-0.15, -0.1) is 0 Å². The van der Waals surface area contributed by atoms with Gasteiger partial charge in [-0.1, -0.05) is 12.1 Å². The fourth-order valence-corrected chi connectivity index (χ4v) is 3.46. The van der Waals surface area contributed by atoms with Crippen LogP contribution >= 0.6 is 0 Å². The number of aromatic amines is 1. The molecule has 0 atom stereocenters. The number of rotatable bonds is 7. The first-order chi connectivity index (χ1) is 13.4. The number of ether oxygens (including phenoxy) is 1. The van der Waals surface area contributed by atoms with Gasteiger partial charge in [-0.05, 0) is 55.8 Å². The Balaban J connectivity index is 1.71. The third kappa shape index (κ3) is 4.68. The summed E-state index contributed by atoms with van der Waals surface area (Å²) in [5.74, 6) is 0.131. The lowest BCUT2D eigenvalue weighted by Crippen LogP contribution is -2.14. The van der Waals surface area contributed by atoms with Crippen molar-refractivity contribution in [3.8, 4) is 5.75 Å². The number of aryl methyl sites for hydroxylation is 1. The van der Waals surface area contributed by atoms with Crippen molar-refractivity contribution in [2.24, 2.45) is 0 Å². The van der Waals surface area contributed by atoms with E-state index in [9.17, 15) is 13.2 Å². The molecule has 0 saturated carbocycles. The predicted octanol–water partition coefficient (Wildman–Crippen LogP) is 3.17. The van der Waals surface area contributed by atoms with Gasteiger partial charge in [0.05, 0.1) is 6.61 Å². The van der Waals surface area contributed by atoms with Crippen LogP contribution in [0.5, 0.6) is 5.75 Å². The lowest BCUT2D eigenvalue weighted by molar-refractivity contribution is 0.102. The molecule has 3 rings (SSSR count). The minimum atomic E-state index is -3.92. The molecule has 0 aliphatic heterocycles. The Labute approximate surface area is 163 Å². The molecule has 2 aromatic carbocycles. The second kappa shape index (κ2) is 8.13. The average molecular weight is 400 g/mol. The van der Waals surface area contributed by atoms with E-state index < -0.39 is 15.9 Å². The summed E-state index contributed by atoms with van der Waals surface area (Å²) in [6.07, 6.45) is 0. The minimum Gasteiger partial charge on any atom is -0.494 e. The molecular weight excluding hydrogens is 380 g/mol. The molecule has 3 aromatic rings. The molecule has 9 heteroatoms. The maximum Gasteiger partial charge on any atom is 0.278 e. The number of aromatic nitrogens is 2. The van der Waals surface area contributed by atoms with Gasteiger partial charge in [0.1, 0.15) is 5.75 Å². The van der Waals surface area contributed by atoms with Gasteiger partial charge >= 0.3 is 0 Å². The number of carbonyl (C=O) groups is 1. The van der Waals surface area contributed by atoms with Crippen LogP contribution in [0.1, 0.15) is 23.0 Å². The third-order valence-electron chi connectivity index (χ3n) is 3.77. The van der Waals surface area contributed by atoms with Gasteiger partial charge < -0.3 is 10.1 Å². The summed E-state index contributed by atoms with van der Waals surface area (Å²) in [4.78, 5) is 12.3. The Morgan fingerprint density at radius 3 is 2.54 bits per heavy atom. The number of H-pyrrole nitrogens is 1. The minimum absolute atomic E-state index is 0.0337. The lowest BCUT2D eigenvalue weighted by atomic mass is 10.2. The molecule has 0 aliphatic rings. The Morgan fingerprint density at radius 2 is 1.86 bits per heavy atom. The van der Waals surface area contributed by atoms with Crippen LogP contribution in [0.3, 0.4) is 0 Å².